The summed E-state index contributed by atoms with van der Waals surface area (Å²) in [6, 6.07) is 8.19. The number of piperidine rings is 1. The van der Waals surface area contributed by atoms with E-state index in [2.05, 4.69) is 35.7 Å². The summed E-state index contributed by atoms with van der Waals surface area (Å²) in [4.78, 5) is 22.8. The number of rotatable bonds is 7. The molecule has 1 aliphatic heterocycles. The van der Waals surface area contributed by atoms with Crippen molar-refractivity contribution in [3.05, 3.63) is 36.0 Å². The molecule has 180 valence electrons. The largest absolute Gasteiger partial charge is 0.414 e. The molecule has 4 N–H and O–H groups in total. The number of hydrogen-bond acceptors (Lipinski definition) is 9. The van der Waals surface area contributed by atoms with Crippen molar-refractivity contribution >= 4 is 17.5 Å². The molecule has 10 nitrogen and oxygen atoms in total. The van der Waals surface area contributed by atoms with Crippen molar-refractivity contribution in [2.75, 3.05) is 30.8 Å². The van der Waals surface area contributed by atoms with Crippen molar-refractivity contribution < 1.29 is 19.2 Å². The number of nitrogens with two attached hydrogens (primary N) is 1. The fraction of sp³-hybridized carbons (Fsp3) is 0.409. The molecule has 1 aliphatic carbocycles. The summed E-state index contributed by atoms with van der Waals surface area (Å²) >= 11 is 0. The summed E-state index contributed by atoms with van der Waals surface area (Å²) in [5, 5.41) is 14.5. The molecule has 1 amide bonds. The van der Waals surface area contributed by atoms with Gasteiger partial charge in [-0.2, -0.15) is 0 Å². The number of amides is 1. The predicted molar refractivity (Wildman–Crippen MR) is 134 cm³/mol. The quantitative estimate of drug-likeness (QED) is 0.498. The second-order valence-electron chi connectivity index (χ2n) is 8.28. The van der Waals surface area contributed by atoms with Crippen LogP contribution in [0.3, 0.4) is 0 Å². The fourth-order valence-corrected chi connectivity index (χ4v) is 4.32. The van der Waals surface area contributed by atoms with E-state index < -0.39 is 0 Å². The van der Waals surface area contributed by atoms with Crippen LogP contribution < -0.4 is 21.3 Å². The van der Waals surface area contributed by atoms with Crippen LogP contribution in [0.2, 0.25) is 0 Å². The molecule has 32 heavy (non-hydrogen) atoms. The van der Waals surface area contributed by atoms with E-state index in [1.807, 2.05) is 38.2 Å². The van der Waals surface area contributed by atoms with E-state index in [1.165, 1.54) is 5.56 Å². The summed E-state index contributed by atoms with van der Waals surface area (Å²) in [7, 11) is 1.91. The van der Waals surface area contributed by atoms with Gasteiger partial charge in [-0.05, 0) is 24.7 Å². The molecule has 2 unspecified atom stereocenters. The maximum absolute atomic E-state index is 11.6. The summed E-state index contributed by atoms with van der Waals surface area (Å²) in [6.07, 6.45) is 2.18. The van der Waals surface area contributed by atoms with Crippen LogP contribution in [0.15, 0.2) is 34.9 Å². The Morgan fingerprint density at radius 3 is 2.62 bits per heavy atom. The highest BCUT2D eigenvalue weighted by Crippen LogP contribution is 2.46. The van der Waals surface area contributed by atoms with Gasteiger partial charge >= 0.3 is 0 Å². The van der Waals surface area contributed by atoms with Crippen LogP contribution in [-0.2, 0) is 11.3 Å². The zero-order chi connectivity index (χ0) is 22.2. The Morgan fingerprint density at radius 1 is 1.22 bits per heavy atom. The fourth-order valence-electron chi connectivity index (χ4n) is 4.32. The van der Waals surface area contributed by atoms with Crippen molar-refractivity contribution in [1.82, 2.24) is 30.8 Å². The monoisotopic (exact) mass is 448 g/mol. The first-order valence-electron chi connectivity index (χ1n) is 10.8. The topological polar surface area (TPSA) is 135 Å². The van der Waals surface area contributed by atoms with Crippen molar-refractivity contribution in [3.63, 3.8) is 0 Å². The third-order valence-electron chi connectivity index (χ3n) is 6.16. The minimum absolute atomic E-state index is 0. The Morgan fingerprint density at radius 2 is 1.94 bits per heavy atom. The lowest BCUT2D eigenvalue weighted by molar-refractivity contribution is -0.121. The molecule has 0 spiro atoms. The summed E-state index contributed by atoms with van der Waals surface area (Å²) in [5.74, 6) is 2.62. The number of hydrogen-bond donors (Lipinski definition) is 3. The number of anilines is 2. The highest BCUT2D eigenvalue weighted by Gasteiger charge is 2.56. The SMILES string of the molecule is CCC(=O)NC1C2CN(c3cnc(N)c(-c4nnc(-c5ccc(CNC)cc5)o4)n3)CC21.[HH].[HH].[HH].[HH].[HH].[HH].[HH]. The molecule has 1 saturated heterocycles. The van der Waals surface area contributed by atoms with Crippen LogP contribution in [0, 0.1) is 11.8 Å². The van der Waals surface area contributed by atoms with Crippen LogP contribution in [0.25, 0.3) is 23.0 Å². The van der Waals surface area contributed by atoms with E-state index in [0.29, 0.717) is 29.8 Å². The van der Waals surface area contributed by atoms with Crippen LogP contribution in [0.5, 0.6) is 0 Å². The molecule has 5 rings (SSSR count). The van der Waals surface area contributed by atoms with Gasteiger partial charge in [0.15, 0.2) is 11.5 Å². The van der Waals surface area contributed by atoms with E-state index >= 15 is 0 Å². The Bertz CT molecular complexity index is 1140. The molecule has 2 fully saturated rings. The standard InChI is InChI=1S/C22H26N8O2.7H2/c1-3-17(31)27-18-14-10-30(11-15(14)18)16-9-25-20(23)19(26-16)22-29-28-21(32-22)13-6-4-12(5-7-13)8-24-2;;;;;;;/h4-7,9,14-15,18,24H,3,8,10-11H2,1-2H3,(H2,23,25)(H,27,31);7*1H. The van der Waals surface area contributed by atoms with Gasteiger partial charge in [-0.3, -0.25) is 4.79 Å². The van der Waals surface area contributed by atoms with Crippen LogP contribution >= 0.6 is 0 Å². The third-order valence-corrected chi connectivity index (χ3v) is 6.16. The first-order chi connectivity index (χ1) is 15.6. The molecular weight excluding hydrogens is 408 g/mol. The first kappa shape index (κ1) is 20.4. The van der Waals surface area contributed by atoms with Crippen molar-refractivity contribution in [2.24, 2.45) is 11.8 Å². The van der Waals surface area contributed by atoms with E-state index in [-0.39, 0.29) is 33.6 Å². The molecule has 0 bridgehead atoms. The zero-order valence-corrected chi connectivity index (χ0v) is 18.1. The molecule has 10 heteroatoms. The average Bonchev–Trinajstić information content (AvgIpc) is 3.20. The molecule has 2 aromatic heterocycles. The molecule has 3 aromatic rings. The molecule has 1 aromatic carbocycles. The van der Waals surface area contributed by atoms with Crippen molar-refractivity contribution in [1.29, 1.82) is 0 Å². The van der Waals surface area contributed by atoms with E-state index in [0.717, 1.165) is 31.0 Å². The maximum Gasteiger partial charge on any atom is 0.270 e. The van der Waals surface area contributed by atoms with Crippen LogP contribution in [-0.4, -0.2) is 52.3 Å². The minimum Gasteiger partial charge on any atom is -0.414 e. The Kier molecular flexibility index (Phi) is 5.22. The lowest BCUT2D eigenvalue weighted by atomic mass is 10.1. The van der Waals surface area contributed by atoms with E-state index in [1.54, 1.807) is 6.20 Å². The lowest BCUT2D eigenvalue weighted by Gasteiger charge is -2.21. The summed E-state index contributed by atoms with van der Waals surface area (Å²) in [6.45, 7) is 4.31. The van der Waals surface area contributed by atoms with Crippen LogP contribution in [0.4, 0.5) is 11.6 Å². The summed E-state index contributed by atoms with van der Waals surface area (Å²) < 4.78 is 5.87. The first-order valence-corrected chi connectivity index (χ1v) is 10.8. The number of carbonyl (C=O) groups excluding carboxylic acids is 1. The molecular formula is C22H40N8O2. The van der Waals surface area contributed by atoms with E-state index in [9.17, 15) is 4.79 Å². The number of fused-ring (bicyclic) bond motifs is 1. The number of nitrogen functional groups attached to an aromatic ring is 1. The van der Waals surface area contributed by atoms with Crippen molar-refractivity contribution in [2.45, 2.75) is 25.9 Å². The Labute approximate surface area is 196 Å². The summed E-state index contributed by atoms with van der Waals surface area (Å²) in [5.41, 5.74) is 8.45. The molecule has 2 aliphatic rings. The highest BCUT2D eigenvalue weighted by molar-refractivity contribution is 5.76. The minimum atomic E-state index is 0. The highest BCUT2D eigenvalue weighted by atomic mass is 16.4. The average molecular weight is 449 g/mol. The smallest absolute Gasteiger partial charge is 0.270 e. The number of aromatic nitrogens is 4. The van der Waals surface area contributed by atoms with Gasteiger partial charge in [0.25, 0.3) is 5.89 Å². The molecule has 1 saturated carbocycles. The van der Waals surface area contributed by atoms with Crippen molar-refractivity contribution in [3.8, 4) is 23.0 Å². The lowest BCUT2D eigenvalue weighted by Crippen LogP contribution is -2.34. The third kappa shape index (κ3) is 3.77. The predicted octanol–water partition coefficient (Wildman–Crippen LogP) is 3.18. The van der Waals surface area contributed by atoms with Gasteiger partial charge in [0.2, 0.25) is 11.8 Å². The van der Waals surface area contributed by atoms with Gasteiger partial charge in [-0.25, -0.2) is 9.97 Å². The number of nitrogens with zero attached hydrogens (tertiary/aromatic N) is 5. The zero-order valence-electron chi connectivity index (χ0n) is 18.1. The Hall–Kier alpha value is -3.53. The Balaban J connectivity index is -0.00000185. The normalized spacial score (nSPS) is 21.4. The van der Waals surface area contributed by atoms with Gasteiger partial charge < -0.3 is 25.7 Å². The number of nitrogens with one attached hydrogen (secondary N) is 2. The van der Waals surface area contributed by atoms with E-state index in [4.69, 9.17) is 10.2 Å². The second-order valence-corrected chi connectivity index (χ2v) is 8.28. The number of benzene rings is 1. The van der Waals surface area contributed by atoms with Gasteiger partial charge in [-0.15, -0.1) is 10.2 Å². The number of carbonyl (C=O) groups is 1. The van der Waals surface area contributed by atoms with Gasteiger partial charge in [0, 0.05) is 59.5 Å². The van der Waals surface area contributed by atoms with Gasteiger partial charge in [0.05, 0.1) is 6.20 Å². The molecule has 2 atom stereocenters. The molecule has 3 heterocycles. The maximum atomic E-state index is 11.6. The van der Waals surface area contributed by atoms with Gasteiger partial charge in [0.1, 0.15) is 5.82 Å². The molecule has 0 radical (unpaired) electrons. The van der Waals surface area contributed by atoms with Crippen LogP contribution in [0.1, 0.15) is 28.9 Å². The second kappa shape index (κ2) is 8.19. The van der Waals surface area contributed by atoms with Gasteiger partial charge in [-0.1, -0.05) is 19.1 Å².